The molecule has 1 amide bonds. The number of carbonyl (C=O) groups is 1. The van der Waals surface area contributed by atoms with E-state index in [0.717, 1.165) is 5.69 Å². The van der Waals surface area contributed by atoms with Crippen LogP contribution in [0.3, 0.4) is 0 Å². The summed E-state index contributed by atoms with van der Waals surface area (Å²) in [5.74, 6) is -0.369. The van der Waals surface area contributed by atoms with E-state index in [1.54, 1.807) is 34.7 Å². The number of fused-ring (bicyclic) bond motifs is 2. The standard InChI is InChI=1S/C25H28FN7O3.C2H6/c1-15-13-32-14-17(12-18(26)22(32)27-15)21-28-20-7-6-19(16(2)33(20)23(34)29-21)30-8-10-31(11-9-30)24(35)36-25(3,4)5;1-2/h6-7,12-14H,8-11H2,1-5H3;1-2H3. The first kappa shape index (κ1) is 27.0. The third kappa shape index (κ3) is 5.32. The molecule has 0 unspecified atom stereocenters. The maximum Gasteiger partial charge on any atom is 0.410 e. The van der Waals surface area contributed by atoms with E-state index in [1.165, 1.54) is 10.5 Å². The van der Waals surface area contributed by atoms with Crippen molar-refractivity contribution in [3.05, 3.63) is 58.3 Å². The average molecular weight is 524 g/mol. The number of piperazine rings is 1. The van der Waals surface area contributed by atoms with Crippen molar-refractivity contribution in [3.8, 4) is 11.4 Å². The summed E-state index contributed by atoms with van der Waals surface area (Å²) in [5, 5.41) is 0. The highest BCUT2D eigenvalue weighted by atomic mass is 19.1. The van der Waals surface area contributed by atoms with Gasteiger partial charge in [-0.2, -0.15) is 4.98 Å². The van der Waals surface area contributed by atoms with Crippen LogP contribution in [0.4, 0.5) is 14.9 Å². The van der Waals surface area contributed by atoms with Crippen LogP contribution in [0.25, 0.3) is 22.7 Å². The van der Waals surface area contributed by atoms with Crippen molar-refractivity contribution < 1.29 is 13.9 Å². The van der Waals surface area contributed by atoms with E-state index in [9.17, 15) is 14.0 Å². The molecule has 5 rings (SSSR count). The van der Waals surface area contributed by atoms with E-state index >= 15 is 0 Å². The van der Waals surface area contributed by atoms with Crippen molar-refractivity contribution in [2.75, 3.05) is 31.1 Å². The lowest BCUT2D eigenvalue weighted by Gasteiger charge is -2.37. The van der Waals surface area contributed by atoms with Crippen molar-refractivity contribution in [3.63, 3.8) is 0 Å². The number of aryl methyl sites for hydroxylation is 2. The van der Waals surface area contributed by atoms with Crippen LogP contribution < -0.4 is 10.6 Å². The lowest BCUT2D eigenvalue weighted by Crippen LogP contribution is -2.50. The van der Waals surface area contributed by atoms with Crippen LogP contribution in [0, 0.1) is 19.7 Å². The van der Waals surface area contributed by atoms with Crippen LogP contribution in [0.2, 0.25) is 0 Å². The fraction of sp³-hybridized carbons (Fsp3) is 0.444. The second kappa shape index (κ2) is 10.4. The van der Waals surface area contributed by atoms with E-state index in [4.69, 9.17) is 4.74 Å². The Balaban J connectivity index is 0.00000164. The zero-order valence-corrected chi connectivity index (χ0v) is 22.9. The minimum atomic E-state index is -0.543. The van der Waals surface area contributed by atoms with Crippen molar-refractivity contribution in [1.29, 1.82) is 0 Å². The molecule has 202 valence electrons. The first-order chi connectivity index (χ1) is 18.0. The molecule has 1 saturated heterocycles. The highest BCUT2D eigenvalue weighted by Gasteiger charge is 2.27. The Labute approximate surface area is 220 Å². The van der Waals surface area contributed by atoms with E-state index in [1.807, 2.05) is 47.6 Å². The molecule has 0 radical (unpaired) electrons. The van der Waals surface area contributed by atoms with Gasteiger partial charge in [-0.25, -0.2) is 28.3 Å². The molecule has 0 spiro atoms. The van der Waals surface area contributed by atoms with Gasteiger partial charge in [0.1, 0.15) is 11.2 Å². The normalized spacial score (nSPS) is 14.0. The second-order valence-electron chi connectivity index (χ2n) is 9.97. The van der Waals surface area contributed by atoms with E-state index in [-0.39, 0.29) is 17.6 Å². The molecule has 11 heteroatoms. The molecule has 38 heavy (non-hydrogen) atoms. The molecule has 0 aliphatic carbocycles. The molecule has 0 bridgehead atoms. The molecule has 4 aromatic heterocycles. The third-order valence-electron chi connectivity index (χ3n) is 6.10. The van der Waals surface area contributed by atoms with Crippen LogP contribution in [-0.2, 0) is 4.74 Å². The van der Waals surface area contributed by atoms with Crippen LogP contribution >= 0.6 is 0 Å². The summed E-state index contributed by atoms with van der Waals surface area (Å²) in [7, 11) is 0. The summed E-state index contributed by atoms with van der Waals surface area (Å²) in [6.45, 7) is 15.4. The maximum absolute atomic E-state index is 14.6. The first-order valence-corrected chi connectivity index (χ1v) is 12.8. The molecule has 0 atom stereocenters. The Hall–Kier alpha value is -4.02. The van der Waals surface area contributed by atoms with Gasteiger partial charge in [-0.05, 0) is 52.8 Å². The number of pyridine rings is 2. The number of anilines is 1. The van der Waals surface area contributed by atoms with Crippen LogP contribution in [0.5, 0.6) is 0 Å². The number of imidazole rings is 1. The predicted molar refractivity (Wildman–Crippen MR) is 144 cm³/mol. The topological polar surface area (TPSA) is 97.3 Å². The molecule has 10 nitrogen and oxygen atoms in total. The van der Waals surface area contributed by atoms with Gasteiger partial charge in [-0.1, -0.05) is 13.8 Å². The van der Waals surface area contributed by atoms with Crippen molar-refractivity contribution in [2.24, 2.45) is 0 Å². The summed E-state index contributed by atoms with van der Waals surface area (Å²) < 4.78 is 23.1. The third-order valence-corrected chi connectivity index (χ3v) is 6.10. The smallest absolute Gasteiger partial charge is 0.410 e. The SMILES string of the molecule is CC.Cc1cn2cc(-c3nc(=O)n4c(C)c(N5CCN(C(=O)OC(C)(C)C)CC5)ccc4n3)cc(F)c2n1. The van der Waals surface area contributed by atoms with Crippen molar-refractivity contribution in [1.82, 2.24) is 28.7 Å². The molecule has 4 aromatic rings. The molecule has 5 heterocycles. The Kier molecular flexibility index (Phi) is 7.39. The fourth-order valence-electron chi connectivity index (χ4n) is 4.46. The largest absolute Gasteiger partial charge is 0.444 e. The Morgan fingerprint density at radius 3 is 2.34 bits per heavy atom. The van der Waals surface area contributed by atoms with Crippen LogP contribution in [0.15, 0.2) is 35.4 Å². The van der Waals surface area contributed by atoms with Gasteiger partial charge in [0, 0.05) is 49.8 Å². The Morgan fingerprint density at radius 2 is 1.68 bits per heavy atom. The summed E-state index contributed by atoms with van der Waals surface area (Å²) in [6.07, 6.45) is 3.04. The van der Waals surface area contributed by atoms with Crippen molar-refractivity contribution >= 4 is 23.1 Å². The quantitative estimate of drug-likeness (QED) is 0.388. The monoisotopic (exact) mass is 523 g/mol. The minimum absolute atomic E-state index is 0.144. The number of amides is 1. The number of rotatable bonds is 2. The lowest BCUT2D eigenvalue weighted by molar-refractivity contribution is 0.0240. The van der Waals surface area contributed by atoms with Gasteiger partial charge in [0.2, 0.25) is 0 Å². The lowest BCUT2D eigenvalue weighted by atomic mass is 10.2. The molecular weight excluding hydrogens is 489 g/mol. The van der Waals surface area contributed by atoms with E-state index in [2.05, 4.69) is 19.9 Å². The molecule has 1 fully saturated rings. The molecular formula is C27H34FN7O3. The summed E-state index contributed by atoms with van der Waals surface area (Å²) in [6, 6.07) is 4.96. The highest BCUT2D eigenvalue weighted by Crippen LogP contribution is 2.24. The van der Waals surface area contributed by atoms with Gasteiger partial charge in [0.15, 0.2) is 17.3 Å². The van der Waals surface area contributed by atoms with Gasteiger partial charge in [0.05, 0.1) is 11.4 Å². The van der Waals surface area contributed by atoms with Crippen LogP contribution in [-0.4, -0.2) is 66.5 Å². The van der Waals surface area contributed by atoms with Gasteiger partial charge in [0.25, 0.3) is 0 Å². The predicted octanol–water partition coefficient (Wildman–Crippen LogP) is 4.24. The number of ether oxygens (including phenoxy) is 1. The van der Waals surface area contributed by atoms with E-state index in [0.29, 0.717) is 48.8 Å². The molecule has 1 aliphatic rings. The van der Waals surface area contributed by atoms with Gasteiger partial charge in [-0.3, -0.25) is 0 Å². The minimum Gasteiger partial charge on any atom is -0.444 e. The Bertz CT molecular complexity index is 1550. The molecule has 1 aliphatic heterocycles. The zero-order chi connectivity index (χ0) is 27.8. The van der Waals surface area contributed by atoms with Gasteiger partial charge in [-0.15, -0.1) is 0 Å². The van der Waals surface area contributed by atoms with Crippen molar-refractivity contribution in [2.45, 2.75) is 54.1 Å². The van der Waals surface area contributed by atoms with Crippen LogP contribution in [0.1, 0.15) is 46.0 Å². The van der Waals surface area contributed by atoms with Gasteiger partial charge >= 0.3 is 11.8 Å². The average Bonchev–Trinajstić information content (AvgIpc) is 3.25. The Morgan fingerprint density at radius 1 is 1.00 bits per heavy atom. The summed E-state index contributed by atoms with van der Waals surface area (Å²) in [5.41, 5.74) is 2.22. The number of hydrogen-bond acceptors (Lipinski definition) is 7. The zero-order valence-electron chi connectivity index (χ0n) is 22.9. The number of aromatic nitrogens is 5. The number of carbonyl (C=O) groups excluding carboxylic acids is 1. The molecule has 0 saturated carbocycles. The summed E-state index contributed by atoms with van der Waals surface area (Å²) >= 11 is 0. The fourth-order valence-corrected chi connectivity index (χ4v) is 4.46. The number of halogens is 1. The number of hydrogen-bond donors (Lipinski definition) is 0. The number of nitrogens with zero attached hydrogens (tertiary/aromatic N) is 7. The summed E-state index contributed by atoms with van der Waals surface area (Å²) in [4.78, 5) is 42.1. The first-order valence-electron chi connectivity index (χ1n) is 12.8. The van der Waals surface area contributed by atoms with E-state index < -0.39 is 17.1 Å². The highest BCUT2D eigenvalue weighted by molar-refractivity contribution is 5.69. The van der Waals surface area contributed by atoms with Gasteiger partial charge < -0.3 is 18.9 Å². The molecule has 0 N–H and O–H groups in total. The molecule has 0 aromatic carbocycles. The second-order valence-corrected chi connectivity index (χ2v) is 9.97. The maximum atomic E-state index is 14.6.